The normalized spacial score (nSPS) is 13.5. The third-order valence-electron chi connectivity index (χ3n) is 6.40. The van der Waals surface area contributed by atoms with E-state index in [0.29, 0.717) is 25.1 Å². The Balaban J connectivity index is 2.30. The molecule has 37 heavy (non-hydrogen) atoms. The molecule has 3 atom stereocenters. The lowest BCUT2D eigenvalue weighted by Gasteiger charge is -2.27. The lowest BCUT2D eigenvalue weighted by Crippen LogP contribution is -2.46. The molecular weight excluding hydrogens is 478 g/mol. The maximum Gasteiger partial charge on any atom is 0.253 e. The van der Waals surface area contributed by atoms with Crippen LogP contribution in [-0.2, 0) is 11.2 Å². The molecule has 0 radical (unpaired) electrons. The summed E-state index contributed by atoms with van der Waals surface area (Å²) >= 11 is 0. The van der Waals surface area contributed by atoms with Gasteiger partial charge in [0.2, 0.25) is 0 Å². The van der Waals surface area contributed by atoms with Crippen LogP contribution < -0.4 is 5.32 Å². The summed E-state index contributed by atoms with van der Waals surface area (Å²) in [6.45, 7) is 8.47. The maximum atomic E-state index is 13.8. The molecule has 2 rings (SSSR count). The van der Waals surface area contributed by atoms with Crippen LogP contribution in [0.25, 0.3) is 0 Å². The summed E-state index contributed by atoms with van der Waals surface area (Å²) in [5, 5.41) is 13.7. The molecule has 202 valence electrons. The van der Waals surface area contributed by atoms with Gasteiger partial charge in [0.05, 0.1) is 12.1 Å². The van der Waals surface area contributed by atoms with Crippen molar-refractivity contribution in [2.75, 3.05) is 13.1 Å². The Hall–Kier alpha value is -3.13. The second-order valence-electron chi connectivity index (χ2n) is 9.45. The van der Waals surface area contributed by atoms with Crippen molar-refractivity contribution in [3.05, 3.63) is 70.8 Å². The number of hydrogen-bond acceptors (Lipinski definition) is 4. The molecule has 3 unspecified atom stereocenters. The number of nitrogens with zero attached hydrogens (tertiary/aromatic N) is 1. The van der Waals surface area contributed by atoms with Crippen LogP contribution in [0.2, 0.25) is 0 Å². The highest BCUT2D eigenvalue weighted by Crippen LogP contribution is 2.19. The van der Waals surface area contributed by atoms with E-state index in [0.717, 1.165) is 31.0 Å². The lowest BCUT2D eigenvalue weighted by atomic mass is 9.89. The van der Waals surface area contributed by atoms with Gasteiger partial charge in [-0.05, 0) is 74.9 Å². The molecule has 0 spiro atoms. The molecule has 6 nitrogen and oxygen atoms in total. The van der Waals surface area contributed by atoms with Crippen LogP contribution in [0.3, 0.4) is 0 Å². The Labute approximate surface area is 218 Å². The second-order valence-corrected chi connectivity index (χ2v) is 9.45. The van der Waals surface area contributed by atoms with Crippen LogP contribution >= 0.6 is 0 Å². The minimum Gasteiger partial charge on any atom is -0.391 e. The summed E-state index contributed by atoms with van der Waals surface area (Å²) in [7, 11) is 0. The number of nitrogens with one attached hydrogen (secondary N) is 1. The van der Waals surface area contributed by atoms with Crippen molar-refractivity contribution < 1.29 is 28.3 Å². The van der Waals surface area contributed by atoms with Gasteiger partial charge in [-0.1, -0.05) is 26.8 Å². The first kappa shape index (κ1) is 30.1. The number of rotatable bonds is 14. The van der Waals surface area contributed by atoms with E-state index in [4.69, 9.17) is 0 Å². The van der Waals surface area contributed by atoms with Gasteiger partial charge >= 0.3 is 0 Å². The molecule has 0 bridgehead atoms. The summed E-state index contributed by atoms with van der Waals surface area (Å²) in [6, 6.07) is 8.46. The van der Waals surface area contributed by atoms with Crippen molar-refractivity contribution in [1.29, 1.82) is 0 Å². The van der Waals surface area contributed by atoms with Crippen molar-refractivity contribution in [3.63, 3.8) is 0 Å². The third kappa shape index (κ3) is 9.04. The minimum absolute atomic E-state index is 0.0463. The standard InChI is InChI=1S/C29H38F2N2O4/c1-5-11-33(12-6-2)29(37)23-10-8-9-22(16-23)28(36)32-26(27(35)17-21(7-3)19(4)34)15-20-13-24(30)18-25(31)14-20/h8-10,13-14,16,18,21,26-27,35H,5-7,11-12,15,17H2,1-4H3,(H,32,36). The average Bonchev–Trinajstić information content (AvgIpc) is 2.85. The van der Waals surface area contributed by atoms with Gasteiger partial charge in [-0.2, -0.15) is 0 Å². The number of carbonyl (C=O) groups is 3. The Morgan fingerprint density at radius 2 is 1.54 bits per heavy atom. The predicted octanol–water partition coefficient (Wildman–Crippen LogP) is 4.93. The first-order chi connectivity index (χ1) is 17.6. The van der Waals surface area contributed by atoms with Gasteiger partial charge in [0, 0.05) is 36.2 Å². The highest BCUT2D eigenvalue weighted by Gasteiger charge is 2.27. The van der Waals surface area contributed by atoms with E-state index in [1.165, 1.54) is 13.0 Å². The van der Waals surface area contributed by atoms with Gasteiger partial charge in [0.15, 0.2) is 0 Å². The van der Waals surface area contributed by atoms with Crippen molar-refractivity contribution >= 4 is 17.6 Å². The van der Waals surface area contributed by atoms with Crippen molar-refractivity contribution in [3.8, 4) is 0 Å². The maximum absolute atomic E-state index is 13.8. The molecular formula is C29H38F2N2O4. The molecule has 2 N–H and O–H groups in total. The summed E-state index contributed by atoms with van der Waals surface area (Å²) in [6.07, 6.45) is 1.04. The molecule has 0 aromatic heterocycles. The fraction of sp³-hybridized carbons (Fsp3) is 0.483. The SMILES string of the molecule is CCCN(CCC)C(=O)c1cccc(C(=O)NC(Cc2cc(F)cc(F)c2)C(O)CC(CC)C(C)=O)c1. The molecule has 8 heteroatoms. The number of benzene rings is 2. The van der Waals surface area contributed by atoms with Crippen LogP contribution in [0.1, 0.15) is 79.7 Å². The Bertz CT molecular complexity index is 1050. The molecule has 0 heterocycles. The summed E-state index contributed by atoms with van der Waals surface area (Å²) in [5.74, 6) is -2.73. The number of amides is 2. The summed E-state index contributed by atoms with van der Waals surface area (Å²) < 4.78 is 27.6. The van der Waals surface area contributed by atoms with E-state index in [9.17, 15) is 28.3 Å². The third-order valence-corrected chi connectivity index (χ3v) is 6.40. The number of hydrogen-bond donors (Lipinski definition) is 2. The fourth-order valence-corrected chi connectivity index (χ4v) is 4.42. The van der Waals surface area contributed by atoms with E-state index in [2.05, 4.69) is 5.32 Å². The Morgan fingerprint density at radius 1 is 0.946 bits per heavy atom. The van der Waals surface area contributed by atoms with E-state index < -0.39 is 35.6 Å². The van der Waals surface area contributed by atoms with Gasteiger partial charge in [0.25, 0.3) is 11.8 Å². The van der Waals surface area contributed by atoms with Crippen molar-refractivity contribution in [2.45, 2.75) is 71.9 Å². The monoisotopic (exact) mass is 516 g/mol. The summed E-state index contributed by atoms with van der Waals surface area (Å²) in [4.78, 5) is 39.9. The van der Waals surface area contributed by atoms with Crippen molar-refractivity contribution in [1.82, 2.24) is 10.2 Å². The van der Waals surface area contributed by atoms with Gasteiger partial charge in [0.1, 0.15) is 17.4 Å². The van der Waals surface area contributed by atoms with Gasteiger partial charge in [-0.3, -0.25) is 14.4 Å². The first-order valence-electron chi connectivity index (χ1n) is 12.9. The fourth-order valence-electron chi connectivity index (χ4n) is 4.42. The van der Waals surface area contributed by atoms with Crippen LogP contribution in [0.5, 0.6) is 0 Å². The molecule has 0 aliphatic carbocycles. The molecule has 0 aliphatic heterocycles. The van der Waals surface area contributed by atoms with Gasteiger partial charge in [-0.25, -0.2) is 8.78 Å². The smallest absolute Gasteiger partial charge is 0.253 e. The molecule has 0 fully saturated rings. The molecule has 0 saturated carbocycles. The number of aliphatic hydroxyl groups excluding tert-OH is 1. The quantitative estimate of drug-likeness (QED) is 0.373. The zero-order valence-corrected chi connectivity index (χ0v) is 22.1. The van der Waals surface area contributed by atoms with E-state index in [-0.39, 0.29) is 35.7 Å². The number of carbonyl (C=O) groups excluding carboxylic acids is 3. The van der Waals surface area contributed by atoms with Crippen LogP contribution in [0, 0.1) is 17.6 Å². The van der Waals surface area contributed by atoms with Crippen LogP contribution in [-0.4, -0.2) is 52.8 Å². The predicted molar refractivity (Wildman–Crippen MR) is 139 cm³/mol. The zero-order valence-electron chi connectivity index (χ0n) is 22.1. The van der Waals surface area contributed by atoms with Crippen LogP contribution in [0.15, 0.2) is 42.5 Å². The number of ketones is 1. The lowest BCUT2D eigenvalue weighted by molar-refractivity contribution is -0.121. The molecule has 0 aliphatic rings. The van der Waals surface area contributed by atoms with Gasteiger partial charge < -0.3 is 15.3 Å². The molecule has 2 aromatic carbocycles. The first-order valence-corrected chi connectivity index (χ1v) is 12.9. The largest absolute Gasteiger partial charge is 0.391 e. The molecule has 2 amide bonds. The molecule has 0 saturated heterocycles. The second kappa shape index (κ2) is 14.6. The number of halogens is 2. The Morgan fingerprint density at radius 3 is 2.08 bits per heavy atom. The van der Waals surface area contributed by atoms with Gasteiger partial charge in [-0.15, -0.1) is 0 Å². The Kier molecular flexibility index (Phi) is 11.9. The zero-order chi connectivity index (χ0) is 27.5. The highest BCUT2D eigenvalue weighted by molar-refractivity contribution is 5.99. The topological polar surface area (TPSA) is 86.7 Å². The van der Waals surface area contributed by atoms with E-state index in [1.807, 2.05) is 20.8 Å². The molecule has 2 aromatic rings. The number of aliphatic hydroxyl groups is 1. The average molecular weight is 517 g/mol. The number of Topliss-reactive ketones (excluding diaryl/α,β-unsaturated/α-hetero) is 1. The highest BCUT2D eigenvalue weighted by atomic mass is 19.1. The minimum atomic E-state index is -1.14. The van der Waals surface area contributed by atoms with Crippen molar-refractivity contribution in [2.24, 2.45) is 5.92 Å². The summed E-state index contributed by atoms with van der Waals surface area (Å²) in [5.41, 5.74) is 0.859. The van der Waals surface area contributed by atoms with E-state index in [1.54, 1.807) is 23.1 Å². The van der Waals surface area contributed by atoms with Crippen LogP contribution in [0.4, 0.5) is 8.78 Å². The van der Waals surface area contributed by atoms with E-state index >= 15 is 0 Å².